The van der Waals surface area contributed by atoms with Crippen molar-refractivity contribution < 1.29 is 17.9 Å². The molecule has 1 heterocycles. The van der Waals surface area contributed by atoms with Crippen LogP contribution in [0, 0.1) is 13.8 Å². The molecular formula is C26H26N4O4S. The fourth-order valence-corrected chi connectivity index (χ4v) is 4.61. The first-order chi connectivity index (χ1) is 16.7. The number of amides is 1. The highest BCUT2D eigenvalue weighted by molar-refractivity contribution is 7.92. The summed E-state index contributed by atoms with van der Waals surface area (Å²) in [5.41, 5.74) is 1.77. The van der Waals surface area contributed by atoms with Crippen LogP contribution in [0.5, 0.6) is 5.75 Å². The van der Waals surface area contributed by atoms with Crippen LogP contribution < -0.4 is 14.8 Å². The number of sulfonamides is 1. The third kappa shape index (κ3) is 5.75. The molecule has 0 aliphatic carbocycles. The van der Waals surface area contributed by atoms with Crippen LogP contribution in [-0.4, -0.2) is 30.4 Å². The molecule has 4 aromatic rings. The number of ether oxygens (including phenoxy) is 1. The number of aryl methyl sites for hydroxylation is 2. The van der Waals surface area contributed by atoms with E-state index in [2.05, 4.69) is 20.0 Å². The zero-order valence-corrected chi connectivity index (χ0v) is 20.5. The Labute approximate surface area is 204 Å². The lowest BCUT2D eigenvalue weighted by Crippen LogP contribution is -2.32. The Bertz CT molecular complexity index is 1450. The number of nitrogens with zero attached hydrogens (tertiary/aromatic N) is 2. The van der Waals surface area contributed by atoms with Gasteiger partial charge in [0, 0.05) is 22.5 Å². The Balaban J connectivity index is 1.45. The molecule has 0 saturated heterocycles. The molecule has 1 atom stereocenters. The number of carbonyl (C=O) groups is 1. The highest BCUT2D eigenvalue weighted by Gasteiger charge is 2.21. The minimum Gasteiger partial charge on any atom is -0.480 e. The smallest absolute Gasteiger partial charge is 0.265 e. The molecular weight excluding hydrogens is 464 g/mol. The summed E-state index contributed by atoms with van der Waals surface area (Å²) in [5.74, 6) is 0.320. The second-order valence-corrected chi connectivity index (χ2v) is 9.77. The second-order valence-electron chi connectivity index (χ2n) is 8.09. The highest BCUT2D eigenvalue weighted by Crippen LogP contribution is 2.27. The Morgan fingerprint density at radius 3 is 2.29 bits per heavy atom. The maximum atomic E-state index is 12.9. The molecule has 4 rings (SSSR count). The van der Waals surface area contributed by atoms with Gasteiger partial charge in [0.1, 0.15) is 5.75 Å². The summed E-state index contributed by atoms with van der Waals surface area (Å²) in [7, 11) is -3.89. The monoisotopic (exact) mass is 490 g/mol. The van der Waals surface area contributed by atoms with Crippen LogP contribution in [0.25, 0.3) is 10.8 Å². The van der Waals surface area contributed by atoms with E-state index in [-0.39, 0.29) is 16.8 Å². The Morgan fingerprint density at radius 1 is 0.943 bits per heavy atom. The van der Waals surface area contributed by atoms with Gasteiger partial charge >= 0.3 is 0 Å². The van der Waals surface area contributed by atoms with Crippen LogP contribution in [0.2, 0.25) is 0 Å². The molecule has 35 heavy (non-hydrogen) atoms. The number of hydrogen-bond donors (Lipinski definition) is 2. The van der Waals surface area contributed by atoms with Crippen molar-refractivity contribution in [3.8, 4) is 5.75 Å². The zero-order valence-electron chi connectivity index (χ0n) is 19.6. The van der Waals surface area contributed by atoms with E-state index in [9.17, 15) is 13.2 Å². The number of carbonyl (C=O) groups excluding carboxylic acids is 1. The lowest BCUT2D eigenvalue weighted by atomic mass is 10.1. The van der Waals surface area contributed by atoms with Crippen LogP contribution in [0.3, 0.4) is 0 Å². The van der Waals surface area contributed by atoms with Gasteiger partial charge in [-0.15, -0.1) is 0 Å². The minimum absolute atomic E-state index is 0.0104. The van der Waals surface area contributed by atoms with Crippen molar-refractivity contribution in [2.45, 2.75) is 38.2 Å². The number of benzene rings is 3. The van der Waals surface area contributed by atoms with Gasteiger partial charge in [-0.05, 0) is 62.1 Å². The molecule has 0 fully saturated rings. The largest absolute Gasteiger partial charge is 0.480 e. The second kappa shape index (κ2) is 10.1. The van der Waals surface area contributed by atoms with Gasteiger partial charge in [0.05, 0.1) is 4.90 Å². The topological polar surface area (TPSA) is 110 Å². The van der Waals surface area contributed by atoms with Crippen molar-refractivity contribution in [3.05, 3.63) is 84.2 Å². The van der Waals surface area contributed by atoms with Gasteiger partial charge in [-0.2, -0.15) is 0 Å². The quantitative estimate of drug-likeness (QED) is 0.366. The van der Waals surface area contributed by atoms with E-state index in [1.807, 2.05) is 49.4 Å². The molecule has 3 aromatic carbocycles. The zero-order chi connectivity index (χ0) is 25.0. The molecule has 180 valence electrons. The van der Waals surface area contributed by atoms with E-state index in [0.29, 0.717) is 29.2 Å². The van der Waals surface area contributed by atoms with Crippen LogP contribution >= 0.6 is 0 Å². The Kier molecular flexibility index (Phi) is 6.97. The molecule has 0 aliphatic heterocycles. The Hall–Kier alpha value is -3.98. The minimum atomic E-state index is -3.89. The van der Waals surface area contributed by atoms with Gasteiger partial charge in [-0.25, -0.2) is 23.1 Å². The van der Waals surface area contributed by atoms with E-state index >= 15 is 0 Å². The highest BCUT2D eigenvalue weighted by atomic mass is 32.2. The standard InChI is InChI=1S/C26H26N4O4S/c1-4-23(34-24-11-7-9-19-8-5-6-10-22(19)24)25(31)29-20-12-14-21(15-13-20)35(32,33)30-26-27-17(2)16-18(3)28-26/h5-16,23H,4H2,1-3H3,(H,29,31)(H,27,28,30)/t23-/m1/s1. The first-order valence-electron chi connectivity index (χ1n) is 11.2. The molecule has 1 amide bonds. The SMILES string of the molecule is CC[C@@H](Oc1cccc2ccccc12)C(=O)Nc1ccc(S(=O)(=O)Nc2nc(C)cc(C)n2)cc1. The number of hydrogen-bond acceptors (Lipinski definition) is 6. The van der Waals surface area contributed by atoms with Crippen LogP contribution in [0.15, 0.2) is 77.7 Å². The number of nitrogens with one attached hydrogen (secondary N) is 2. The molecule has 0 radical (unpaired) electrons. The third-order valence-electron chi connectivity index (χ3n) is 5.32. The van der Waals surface area contributed by atoms with Crippen molar-refractivity contribution in [1.29, 1.82) is 0 Å². The van der Waals surface area contributed by atoms with Crippen molar-refractivity contribution in [3.63, 3.8) is 0 Å². The maximum absolute atomic E-state index is 12.9. The van der Waals surface area contributed by atoms with E-state index in [0.717, 1.165) is 10.8 Å². The van der Waals surface area contributed by atoms with Crippen LogP contribution in [0.1, 0.15) is 24.7 Å². The van der Waals surface area contributed by atoms with Crippen LogP contribution in [-0.2, 0) is 14.8 Å². The molecule has 0 spiro atoms. The molecule has 8 nitrogen and oxygen atoms in total. The molecule has 9 heteroatoms. The third-order valence-corrected chi connectivity index (χ3v) is 6.67. The van der Waals surface area contributed by atoms with Gasteiger partial charge in [0.15, 0.2) is 6.10 Å². The summed E-state index contributed by atoms with van der Waals surface area (Å²) >= 11 is 0. The van der Waals surface area contributed by atoms with Gasteiger partial charge in [0.25, 0.3) is 15.9 Å². The summed E-state index contributed by atoms with van der Waals surface area (Å²) < 4.78 is 33.9. The van der Waals surface area contributed by atoms with Gasteiger partial charge in [-0.3, -0.25) is 4.79 Å². The molecule has 1 aromatic heterocycles. The molecule has 0 aliphatic rings. The van der Waals surface area contributed by atoms with E-state index in [1.165, 1.54) is 24.3 Å². The summed E-state index contributed by atoms with van der Waals surface area (Å²) in [6.45, 7) is 5.39. The molecule has 2 N–H and O–H groups in total. The lowest BCUT2D eigenvalue weighted by molar-refractivity contribution is -0.122. The van der Waals surface area contributed by atoms with Gasteiger partial charge in [-0.1, -0.05) is 43.3 Å². The molecule has 0 bridgehead atoms. The van der Waals surface area contributed by atoms with Gasteiger partial charge < -0.3 is 10.1 Å². The average Bonchev–Trinajstić information content (AvgIpc) is 2.82. The first kappa shape index (κ1) is 24.2. The van der Waals surface area contributed by atoms with E-state index < -0.39 is 16.1 Å². The number of rotatable bonds is 8. The normalized spacial score (nSPS) is 12.2. The van der Waals surface area contributed by atoms with Crippen molar-refractivity contribution >= 4 is 38.3 Å². The number of anilines is 2. The van der Waals surface area contributed by atoms with Crippen molar-refractivity contribution in [1.82, 2.24) is 9.97 Å². The fraction of sp³-hybridized carbons (Fsp3) is 0.192. The summed E-state index contributed by atoms with van der Waals surface area (Å²) in [4.78, 5) is 21.1. The lowest BCUT2D eigenvalue weighted by Gasteiger charge is -2.18. The van der Waals surface area contributed by atoms with Crippen molar-refractivity contribution in [2.75, 3.05) is 10.0 Å². The predicted molar refractivity (Wildman–Crippen MR) is 136 cm³/mol. The first-order valence-corrected chi connectivity index (χ1v) is 12.6. The number of aromatic nitrogens is 2. The molecule has 0 unspecified atom stereocenters. The fourth-order valence-electron chi connectivity index (χ4n) is 3.66. The summed E-state index contributed by atoms with van der Waals surface area (Å²) in [6, 6.07) is 21.1. The maximum Gasteiger partial charge on any atom is 0.265 e. The summed E-state index contributed by atoms with van der Waals surface area (Å²) in [5, 5.41) is 4.75. The summed E-state index contributed by atoms with van der Waals surface area (Å²) in [6.07, 6.45) is -0.256. The average molecular weight is 491 g/mol. The van der Waals surface area contributed by atoms with E-state index in [4.69, 9.17) is 4.74 Å². The number of fused-ring (bicyclic) bond motifs is 1. The predicted octanol–water partition coefficient (Wildman–Crippen LogP) is 4.84. The van der Waals surface area contributed by atoms with Crippen LogP contribution in [0.4, 0.5) is 11.6 Å². The molecule has 0 saturated carbocycles. The van der Waals surface area contributed by atoms with Gasteiger partial charge in [0.2, 0.25) is 5.95 Å². The Morgan fingerprint density at radius 2 is 1.60 bits per heavy atom. The van der Waals surface area contributed by atoms with Crippen molar-refractivity contribution in [2.24, 2.45) is 0 Å². The van der Waals surface area contributed by atoms with E-state index in [1.54, 1.807) is 19.9 Å².